The second kappa shape index (κ2) is 10.6. The Bertz CT molecular complexity index is 777. The van der Waals surface area contributed by atoms with Crippen LogP contribution in [0.3, 0.4) is 0 Å². The van der Waals surface area contributed by atoms with E-state index in [4.69, 9.17) is 0 Å². The maximum Gasteiger partial charge on any atom is 0.0551 e. The molecule has 1 aliphatic rings. The summed E-state index contributed by atoms with van der Waals surface area (Å²) in [6.07, 6.45) is 6.61. The van der Waals surface area contributed by atoms with E-state index in [-0.39, 0.29) is 5.92 Å². The monoisotopic (exact) mass is 362 g/mol. The molecule has 0 amide bonds. The number of nitrogens with one attached hydrogen (secondary N) is 2. The van der Waals surface area contributed by atoms with Gasteiger partial charge in [-0.15, -0.1) is 0 Å². The lowest BCUT2D eigenvalue weighted by molar-refractivity contribution is 0.786. The Balaban J connectivity index is 3.56. The van der Waals surface area contributed by atoms with Gasteiger partial charge in [0.2, 0.25) is 0 Å². The molecule has 1 heterocycles. The van der Waals surface area contributed by atoms with Crippen molar-refractivity contribution in [3.05, 3.63) is 102 Å². The highest BCUT2D eigenvalue weighted by Crippen LogP contribution is 2.35. The van der Waals surface area contributed by atoms with Crippen molar-refractivity contribution in [3.8, 4) is 0 Å². The van der Waals surface area contributed by atoms with Crippen LogP contribution in [-0.4, -0.2) is 13.1 Å². The van der Waals surface area contributed by atoms with Gasteiger partial charge in [0.05, 0.1) is 5.70 Å². The highest BCUT2D eigenvalue weighted by molar-refractivity contribution is 5.57. The first-order valence-corrected chi connectivity index (χ1v) is 9.32. The lowest BCUT2D eigenvalue weighted by Crippen LogP contribution is -2.12. The van der Waals surface area contributed by atoms with E-state index in [0.717, 1.165) is 58.8 Å². The SMILES string of the molecule is C=CC=CCC(=C)C(C)C(=C=C(C)NC(=C)C)/C(C(=C)C)=C1/CNCC1=C. The fourth-order valence-electron chi connectivity index (χ4n) is 3.12. The summed E-state index contributed by atoms with van der Waals surface area (Å²) in [4.78, 5) is 0. The van der Waals surface area contributed by atoms with Crippen LogP contribution < -0.4 is 10.6 Å². The van der Waals surface area contributed by atoms with Crippen molar-refractivity contribution in [2.45, 2.75) is 34.1 Å². The van der Waals surface area contributed by atoms with E-state index in [2.05, 4.69) is 62.3 Å². The van der Waals surface area contributed by atoms with Crippen LogP contribution in [0.1, 0.15) is 34.1 Å². The number of hydrogen-bond donors (Lipinski definition) is 2. The average molecular weight is 363 g/mol. The Morgan fingerprint density at radius 1 is 1.22 bits per heavy atom. The van der Waals surface area contributed by atoms with Gasteiger partial charge < -0.3 is 10.6 Å². The zero-order chi connectivity index (χ0) is 20.6. The van der Waals surface area contributed by atoms with E-state index in [0.29, 0.717) is 0 Å². The molecule has 0 bridgehead atoms. The normalized spacial score (nSPS) is 16.5. The number of rotatable bonds is 9. The van der Waals surface area contributed by atoms with E-state index < -0.39 is 0 Å². The van der Waals surface area contributed by atoms with Crippen LogP contribution in [0.4, 0.5) is 0 Å². The first-order valence-electron chi connectivity index (χ1n) is 9.32. The zero-order valence-corrected chi connectivity index (χ0v) is 17.5. The van der Waals surface area contributed by atoms with E-state index in [1.165, 1.54) is 5.57 Å². The molecule has 0 aromatic rings. The Morgan fingerprint density at radius 3 is 2.37 bits per heavy atom. The molecule has 1 fully saturated rings. The van der Waals surface area contributed by atoms with Crippen molar-refractivity contribution in [2.75, 3.05) is 13.1 Å². The quantitative estimate of drug-likeness (QED) is 0.303. The third-order valence-electron chi connectivity index (χ3n) is 4.49. The summed E-state index contributed by atoms with van der Waals surface area (Å²) in [7, 11) is 0. The third-order valence-corrected chi connectivity index (χ3v) is 4.49. The minimum atomic E-state index is 0.119. The van der Waals surface area contributed by atoms with Crippen molar-refractivity contribution in [1.82, 2.24) is 10.6 Å². The predicted molar refractivity (Wildman–Crippen MR) is 120 cm³/mol. The Labute approximate surface area is 165 Å². The fourth-order valence-corrected chi connectivity index (χ4v) is 3.12. The first-order chi connectivity index (χ1) is 12.7. The van der Waals surface area contributed by atoms with Gasteiger partial charge in [0.15, 0.2) is 0 Å². The Kier molecular flexibility index (Phi) is 8.81. The molecule has 2 nitrogen and oxygen atoms in total. The second-order valence-electron chi connectivity index (χ2n) is 7.16. The molecule has 144 valence electrons. The molecule has 1 unspecified atom stereocenters. The van der Waals surface area contributed by atoms with Crippen LogP contribution in [-0.2, 0) is 0 Å². The standard InChI is InChI=1S/C25H34N2/c1-10-11-12-13-19(6)22(9)23(14-21(8)27-18(4)5)25(17(2)3)24-16-26-15-20(24)7/h10-12,22,26-27H,1-2,4,6-7,13,15-16H2,3,5,8-9H3/b12-11?,25-24-. The topological polar surface area (TPSA) is 24.1 Å². The maximum absolute atomic E-state index is 4.32. The van der Waals surface area contributed by atoms with Crippen LogP contribution in [0.2, 0.25) is 0 Å². The van der Waals surface area contributed by atoms with Crippen molar-refractivity contribution in [1.29, 1.82) is 0 Å². The van der Waals surface area contributed by atoms with Crippen LogP contribution >= 0.6 is 0 Å². The summed E-state index contributed by atoms with van der Waals surface area (Å²) in [6, 6.07) is 0. The molecule has 1 atom stereocenters. The molecule has 1 aliphatic heterocycles. The van der Waals surface area contributed by atoms with Crippen LogP contribution in [0.15, 0.2) is 102 Å². The summed E-state index contributed by atoms with van der Waals surface area (Å²) in [5.41, 5.74) is 12.1. The average Bonchev–Trinajstić information content (AvgIpc) is 2.98. The molecule has 1 rings (SSSR count). The van der Waals surface area contributed by atoms with Crippen LogP contribution in [0.25, 0.3) is 0 Å². The zero-order valence-electron chi connectivity index (χ0n) is 17.5. The molecule has 0 aromatic carbocycles. The van der Waals surface area contributed by atoms with Crippen molar-refractivity contribution in [2.24, 2.45) is 5.92 Å². The molecular weight excluding hydrogens is 328 g/mol. The summed E-state index contributed by atoms with van der Waals surface area (Å²) in [5, 5.41) is 6.64. The van der Waals surface area contributed by atoms with Crippen molar-refractivity contribution >= 4 is 0 Å². The summed E-state index contributed by atoms with van der Waals surface area (Å²) < 4.78 is 0. The molecule has 0 aliphatic carbocycles. The largest absolute Gasteiger partial charge is 0.357 e. The fraction of sp³-hybridized carbons (Fsp3) is 0.320. The van der Waals surface area contributed by atoms with Crippen molar-refractivity contribution in [3.63, 3.8) is 0 Å². The molecular formula is C25H34N2. The highest BCUT2D eigenvalue weighted by Gasteiger charge is 2.23. The molecule has 0 radical (unpaired) electrons. The third kappa shape index (κ3) is 6.60. The van der Waals surface area contributed by atoms with Crippen molar-refractivity contribution < 1.29 is 0 Å². The number of allylic oxidation sites excluding steroid dienone is 8. The van der Waals surface area contributed by atoms with Gasteiger partial charge in [0, 0.05) is 30.3 Å². The molecule has 2 N–H and O–H groups in total. The maximum atomic E-state index is 4.32. The Hall–Kier alpha value is -2.54. The van der Waals surface area contributed by atoms with Gasteiger partial charge in [0.1, 0.15) is 0 Å². The molecule has 0 spiro atoms. The lowest BCUT2D eigenvalue weighted by Gasteiger charge is -2.22. The summed E-state index contributed by atoms with van der Waals surface area (Å²) in [5.74, 6) is 0.119. The Morgan fingerprint density at radius 2 is 1.89 bits per heavy atom. The molecule has 27 heavy (non-hydrogen) atoms. The second-order valence-corrected chi connectivity index (χ2v) is 7.16. The van der Waals surface area contributed by atoms with E-state index >= 15 is 0 Å². The minimum Gasteiger partial charge on any atom is -0.357 e. The predicted octanol–water partition coefficient (Wildman–Crippen LogP) is 5.90. The molecule has 0 aromatic heterocycles. The van der Waals surface area contributed by atoms with E-state index in [1.54, 1.807) is 6.08 Å². The van der Waals surface area contributed by atoms with Gasteiger partial charge in [-0.2, -0.15) is 0 Å². The van der Waals surface area contributed by atoms with E-state index in [9.17, 15) is 0 Å². The van der Waals surface area contributed by atoms with Gasteiger partial charge in [-0.3, -0.25) is 0 Å². The van der Waals surface area contributed by atoms with Crippen LogP contribution in [0.5, 0.6) is 0 Å². The lowest BCUT2D eigenvalue weighted by atomic mass is 9.82. The number of hydrogen-bond acceptors (Lipinski definition) is 2. The van der Waals surface area contributed by atoms with E-state index in [1.807, 2.05) is 26.8 Å². The van der Waals surface area contributed by atoms with Gasteiger partial charge >= 0.3 is 0 Å². The van der Waals surface area contributed by atoms with Gasteiger partial charge in [0.25, 0.3) is 0 Å². The first kappa shape index (κ1) is 22.5. The van der Waals surface area contributed by atoms with Gasteiger partial charge in [-0.05, 0) is 49.5 Å². The summed E-state index contributed by atoms with van der Waals surface area (Å²) in [6.45, 7) is 30.2. The summed E-state index contributed by atoms with van der Waals surface area (Å²) >= 11 is 0. The molecule has 0 saturated carbocycles. The van der Waals surface area contributed by atoms with Crippen LogP contribution in [0, 0.1) is 5.92 Å². The highest BCUT2D eigenvalue weighted by atomic mass is 14.9. The minimum absolute atomic E-state index is 0.119. The molecule has 1 saturated heterocycles. The molecule has 2 heteroatoms. The smallest absolute Gasteiger partial charge is 0.0551 e. The van der Waals surface area contributed by atoms with Gasteiger partial charge in [-0.1, -0.05) is 69.4 Å². The van der Waals surface area contributed by atoms with Gasteiger partial charge in [-0.25, -0.2) is 0 Å².